The third-order valence-electron chi connectivity index (χ3n) is 2.96. The Labute approximate surface area is 101 Å². The van der Waals surface area contributed by atoms with Gasteiger partial charge in [-0.3, -0.25) is 10.1 Å². The summed E-state index contributed by atoms with van der Waals surface area (Å²) in [6, 6.07) is 5.83. The maximum absolute atomic E-state index is 11.5. The number of carbonyl (C=O) groups excluding carboxylic acids is 1. The van der Waals surface area contributed by atoms with Crippen LogP contribution in [-0.4, -0.2) is 22.8 Å². The summed E-state index contributed by atoms with van der Waals surface area (Å²) in [4.78, 5) is 17.9. The van der Waals surface area contributed by atoms with Gasteiger partial charge in [-0.05, 0) is 30.7 Å². The van der Waals surface area contributed by atoms with E-state index in [2.05, 4.69) is 26.2 Å². The molecule has 0 spiro atoms. The highest BCUT2D eigenvalue weighted by molar-refractivity contribution is 9.10. The van der Waals surface area contributed by atoms with Gasteiger partial charge in [-0.2, -0.15) is 0 Å². The highest BCUT2D eigenvalue weighted by Crippen LogP contribution is 2.30. The number of benzene rings is 1. The lowest BCUT2D eigenvalue weighted by Gasteiger charge is -2.26. The number of nitrogens with one attached hydrogen (secondary N) is 1. The van der Waals surface area contributed by atoms with Crippen molar-refractivity contribution >= 4 is 33.5 Å². The molecule has 1 saturated heterocycles. The van der Waals surface area contributed by atoms with Gasteiger partial charge < -0.3 is 4.90 Å². The van der Waals surface area contributed by atoms with Crippen molar-refractivity contribution in [1.82, 2.24) is 10.2 Å². The van der Waals surface area contributed by atoms with E-state index in [4.69, 9.17) is 0 Å². The normalized spacial score (nSPS) is 22.4. The zero-order chi connectivity index (χ0) is 11.3. The molecular weight excluding hydrogens is 270 g/mol. The summed E-state index contributed by atoms with van der Waals surface area (Å²) in [7, 11) is 0. The summed E-state index contributed by atoms with van der Waals surface area (Å²) < 4.78 is 1.04. The van der Waals surface area contributed by atoms with Gasteiger partial charge in [0, 0.05) is 11.0 Å². The van der Waals surface area contributed by atoms with E-state index in [0.717, 1.165) is 22.3 Å². The van der Waals surface area contributed by atoms with Crippen LogP contribution in [0.3, 0.4) is 0 Å². The third kappa shape index (κ3) is 1.35. The highest BCUT2D eigenvalue weighted by Gasteiger charge is 2.35. The van der Waals surface area contributed by atoms with Crippen LogP contribution in [0.5, 0.6) is 0 Å². The number of guanidine groups is 1. The number of fused-ring (bicyclic) bond motifs is 2. The van der Waals surface area contributed by atoms with Gasteiger partial charge in [0.1, 0.15) is 6.04 Å². The van der Waals surface area contributed by atoms with E-state index < -0.39 is 0 Å². The van der Waals surface area contributed by atoms with Gasteiger partial charge in [-0.1, -0.05) is 15.9 Å². The summed E-state index contributed by atoms with van der Waals surface area (Å²) >= 11 is 3.44. The van der Waals surface area contributed by atoms with Crippen molar-refractivity contribution in [3.05, 3.63) is 28.2 Å². The summed E-state index contributed by atoms with van der Waals surface area (Å²) in [6.45, 7) is 2.62. The van der Waals surface area contributed by atoms with Gasteiger partial charge in [0.25, 0.3) is 0 Å². The van der Waals surface area contributed by atoms with E-state index in [1.54, 1.807) is 0 Å². The molecular formula is C11H10BrN3O. The average molecular weight is 280 g/mol. The number of hydrogen-bond donors (Lipinski definition) is 1. The van der Waals surface area contributed by atoms with Gasteiger partial charge in [0.05, 0.1) is 5.69 Å². The van der Waals surface area contributed by atoms with E-state index in [9.17, 15) is 4.79 Å². The van der Waals surface area contributed by atoms with Crippen LogP contribution < -0.4 is 5.32 Å². The van der Waals surface area contributed by atoms with Crippen molar-refractivity contribution in [2.75, 3.05) is 0 Å². The molecule has 0 unspecified atom stereocenters. The number of rotatable bonds is 0. The third-order valence-corrected chi connectivity index (χ3v) is 3.46. The monoisotopic (exact) mass is 279 g/mol. The first kappa shape index (κ1) is 9.84. The van der Waals surface area contributed by atoms with Crippen molar-refractivity contribution in [1.29, 1.82) is 0 Å². The van der Waals surface area contributed by atoms with Crippen LogP contribution >= 0.6 is 15.9 Å². The molecule has 0 aromatic heterocycles. The van der Waals surface area contributed by atoms with E-state index in [1.807, 2.05) is 30.0 Å². The molecule has 0 radical (unpaired) electrons. The molecule has 1 aromatic rings. The van der Waals surface area contributed by atoms with E-state index >= 15 is 0 Å². The number of nitrogens with zero attached hydrogens (tertiary/aromatic N) is 2. The standard InChI is InChI=1S/C11H10BrN3O/c1-6-10(16)14-11-13-9-3-2-8(12)4-7(9)5-15(6)11/h2-4,6H,5H2,1H3,(H,13,14,16)/t6-/m0/s1. The molecule has 4 nitrogen and oxygen atoms in total. The lowest BCUT2D eigenvalue weighted by molar-refractivity contribution is -0.121. The fourth-order valence-electron chi connectivity index (χ4n) is 2.00. The Balaban J connectivity index is 2.07. The lowest BCUT2D eigenvalue weighted by Crippen LogP contribution is -2.35. The molecule has 1 amide bonds. The average Bonchev–Trinajstić information content (AvgIpc) is 2.52. The quantitative estimate of drug-likeness (QED) is 0.787. The first-order chi connectivity index (χ1) is 7.65. The van der Waals surface area contributed by atoms with Gasteiger partial charge in [0.2, 0.25) is 11.9 Å². The van der Waals surface area contributed by atoms with Crippen LogP contribution in [0.25, 0.3) is 0 Å². The molecule has 1 aromatic carbocycles. The molecule has 2 aliphatic heterocycles. The summed E-state index contributed by atoms with van der Waals surface area (Å²) in [5, 5.41) is 2.79. The maximum Gasteiger partial charge on any atom is 0.249 e. The first-order valence-electron chi connectivity index (χ1n) is 5.10. The fourth-order valence-corrected chi connectivity index (χ4v) is 2.41. The molecule has 0 bridgehead atoms. The highest BCUT2D eigenvalue weighted by atomic mass is 79.9. The fraction of sp³-hybridized carbons (Fsp3) is 0.273. The van der Waals surface area contributed by atoms with Crippen molar-refractivity contribution in [2.24, 2.45) is 4.99 Å². The van der Waals surface area contributed by atoms with Crippen molar-refractivity contribution in [3.8, 4) is 0 Å². The van der Waals surface area contributed by atoms with Crippen LogP contribution in [0.4, 0.5) is 5.69 Å². The number of hydrogen-bond acceptors (Lipinski definition) is 3. The van der Waals surface area contributed by atoms with E-state index in [0.29, 0.717) is 5.96 Å². The second-order valence-electron chi connectivity index (χ2n) is 4.00. The van der Waals surface area contributed by atoms with Crippen LogP contribution in [0.15, 0.2) is 27.7 Å². The molecule has 1 N–H and O–H groups in total. The first-order valence-corrected chi connectivity index (χ1v) is 5.89. The smallest absolute Gasteiger partial charge is 0.249 e. The molecule has 5 heteroatoms. The molecule has 82 valence electrons. The minimum atomic E-state index is -0.133. The lowest BCUT2D eigenvalue weighted by atomic mass is 10.1. The van der Waals surface area contributed by atoms with Gasteiger partial charge in [0.15, 0.2) is 0 Å². The topological polar surface area (TPSA) is 44.7 Å². The molecule has 16 heavy (non-hydrogen) atoms. The molecule has 1 atom stereocenters. The Kier molecular flexibility index (Phi) is 2.04. The zero-order valence-electron chi connectivity index (χ0n) is 8.70. The molecule has 0 saturated carbocycles. The summed E-state index contributed by atoms with van der Waals surface area (Å²) in [5.41, 5.74) is 2.07. The minimum absolute atomic E-state index is 0.0191. The van der Waals surface area contributed by atoms with Crippen molar-refractivity contribution in [2.45, 2.75) is 19.5 Å². The Morgan fingerprint density at radius 2 is 2.38 bits per heavy atom. The van der Waals surface area contributed by atoms with Gasteiger partial charge in [-0.15, -0.1) is 0 Å². The van der Waals surface area contributed by atoms with E-state index in [-0.39, 0.29) is 11.9 Å². The van der Waals surface area contributed by atoms with E-state index in [1.165, 1.54) is 0 Å². The Hall–Kier alpha value is -1.36. The minimum Gasteiger partial charge on any atom is -0.326 e. The van der Waals surface area contributed by atoms with Crippen LogP contribution in [0.1, 0.15) is 12.5 Å². The predicted molar refractivity (Wildman–Crippen MR) is 64.4 cm³/mol. The predicted octanol–water partition coefficient (Wildman–Crippen LogP) is 1.77. The van der Waals surface area contributed by atoms with Gasteiger partial charge in [-0.25, -0.2) is 4.99 Å². The van der Waals surface area contributed by atoms with Crippen LogP contribution in [0.2, 0.25) is 0 Å². The zero-order valence-corrected chi connectivity index (χ0v) is 10.3. The Morgan fingerprint density at radius 3 is 3.19 bits per heavy atom. The molecule has 3 rings (SSSR count). The van der Waals surface area contributed by atoms with Crippen molar-refractivity contribution in [3.63, 3.8) is 0 Å². The summed E-state index contributed by atoms with van der Waals surface area (Å²) in [5.74, 6) is 0.693. The second-order valence-corrected chi connectivity index (χ2v) is 4.92. The number of amides is 1. The Bertz CT molecular complexity index is 512. The SMILES string of the molecule is C[C@H]1C(=O)NC2=Nc3ccc(Br)cc3CN21. The largest absolute Gasteiger partial charge is 0.326 e. The molecule has 1 fully saturated rings. The number of aliphatic imine (C=N–C) groups is 1. The van der Waals surface area contributed by atoms with Crippen LogP contribution in [0, 0.1) is 0 Å². The molecule has 2 aliphatic rings. The number of carbonyl (C=O) groups is 1. The van der Waals surface area contributed by atoms with Crippen molar-refractivity contribution < 1.29 is 4.79 Å². The van der Waals surface area contributed by atoms with Crippen LogP contribution in [-0.2, 0) is 11.3 Å². The summed E-state index contributed by atoms with van der Waals surface area (Å²) in [6.07, 6.45) is 0. The Morgan fingerprint density at radius 1 is 1.56 bits per heavy atom. The van der Waals surface area contributed by atoms with Gasteiger partial charge >= 0.3 is 0 Å². The second kappa shape index (κ2) is 3.31. The molecule has 2 heterocycles. The molecule has 0 aliphatic carbocycles. The number of halogens is 1. The maximum atomic E-state index is 11.5.